The number of benzene rings is 1. The maximum atomic E-state index is 8.95. The number of hydrogen-bond donors (Lipinski definition) is 2. The molecule has 0 radical (unpaired) electrons. The van der Waals surface area contributed by atoms with Gasteiger partial charge in [0.15, 0.2) is 0 Å². The van der Waals surface area contributed by atoms with E-state index in [1.807, 2.05) is 31.3 Å². The Morgan fingerprint density at radius 3 is 2.62 bits per heavy atom. The minimum Gasteiger partial charge on any atom is -0.394 e. The Hall–Kier alpha value is -1.39. The van der Waals surface area contributed by atoms with Gasteiger partial charge in [0.05, 0.1) is 19.2 Å². The molecule has 0 saturated heterocycles. The summed E-state index contributed by atoms with van der Waals surface area (Å²) in [6.07, 6.45) is 0. The minimum atomic E-state index is -0.294. The molecule has 16 heavy (non-hydrogen) atoms. The van der Waals surface area contributed by atoms with Crippen LogP contribution in [0, 0.1) is 0 Å². The molecule has 4 nitrogen and oxygen atoms in total. The van der Waals surface area contributed by atoms with Crippen molar-refractivity contribution in [3.63, 3.8) is 0 Å². The summed E-state index contributed by atoms with van der Waals surface area (Å²) < 4.78 is 0. The van der Waals surface area contributed by atoms with Gasteiger partial charge in [0, 0.05) is 19.2 Å². The predicted molar refractivity (Wildman–Crippen MR) is 64.5 cm³/mol. The van der Waals surface area contributed by atoms with Gasteiger partial charge in [0.1, 0.15) is 5.84 Å². The first-order valence-electron chi connectivity index (χ1n) is 5.44. The van der Waals surface area contributed by atoms with Crippen LogP contribution in [-0.2, 0) is 0 Å². The molecular formula is C12H17N3O. The van der Waals surface area contributed by atoms with E-state index in [2.05, 4.69) is 9.89 Å². The van der Waals surface area contributed by atoms with E-state index in [0.717, 1.165) is 30.1 Å². The molecule has 2 rings (SSSR count). The lowest BCUT2D eigenvalue weighted by molar-refractivity contribution is 0.268. The molecule has 0 amide bonds. The number of nitrogens with two attached hydrogens (primary N) is 1. The second-order valence-electron chi connectivity index (χ2n) is 4.04. The van der Waals surface area contributed by atoms with Crippen LogP contribution in [-0.4, -0.2) is 42.6 Å². The van der Waals surface area contributed by atoms with E-state index >= 15 is 0 Å². The standard InChI is InChI=1S/C12H17N3O/c1-15-7-6-14-12(15)10-4-2-9(3-5-10)11(13)8-16/h2-5,11,16H,6-8,13H2,1H3. The van der Waals surface area contributed by atoms with Crippen LogP contribution in [0.4, 0.5) is 0 Å². The first-order chi connectivity index (χ1) is 7.72. The Bertz CT molecular complexity index is 386. The molecule has 1 atom stereocenters. The summed E-state index contributed by atoms with van der Waals surface area (Å²) in [7, 11) is 2.04. The number of hydrogen-bond acceptors (Lipinski definition) is 4. The number of amidine groups is 1. The summed E-state index contributed by atoms with van der Waals surface area (Å²) in [6.45, 7) is 1.82. The largest absolute Gasteiger partial charge is 0.394 e. The van der Waals surface area contributed by atoms with Gasteiger partial charge < -0.3 is 15.7 Å². The monoisotopic (exact) mass is 219 g/mol. The van der Waals surface area contributed by atoms with Gasteiger partial charge in [-0.1, -0.05) is 24.3 Å². The predicted octanol–water partition coefficient (Wildman–Crippen LogP) is 0.371. The fourth-order valence-corrected chi connectivity index (χ4v) is 1.83. The van der Waals surface area contributed by atoms with Gasteiger partial charge in [-0.15, -0.1) is 0 Å². The van der Waals surface area contributed by atoms with E-state index in [9.17, 15) is 0 Å². The van der Waals surface area contributed by atoms with Crippen LogP contribution in [0.1, 0.15) is 17.2 Å². The van der Waals surface area contributed by atoms with E-state index in [0.29, 0.717) is 0 Å². The van der Waals surface area contributed by atoms with Crippen LogP contribution in [0.3, 0.4) is 0 Å². The Morgan fingerprint density at radius 1 is 1.44 bits per heavy atom. The van der Waals surface area contributed by atoms with Crippen molar-refractivity contribution in [2.45, 2.75) is 6.04 Å². The van der Waals surface area contributed by atoms with Crippen molar-refractivity contribution in [1.29, 1.82) is 0 Å². The molecule has 1 aromatic carbocycles. The summed E-state index contributed by atoms with van der Waals surface area (Å²) in [5.41, 5.74) is 7.79. The Balaban J connectivity index is 2.19. The molecule has 1 aromatic rings. The fourth-order valence-electron chi connectivity index (χ4n) is 1.83. The molecule has 0 spiro atoms. The van der Waals surface area contributed by atoms with Gasteiger partial charge in [-0.3, -0.25) is 4.99 Å². The first-order valence-corrected chi connectivity index (χ1v) is 5.44. The van der Waals surface area contributed by atoms with Crippen LogP contribution >= 0.6 is 0 Å². The first kappa shape index (κ1) is 11.1. The van der Waals surface area contributed by atoms with Crippen LogP contribution in [0.25, 0.3) is 0 Å². The SMILES string of the molecule is CN1CCN=C1c1ccc(C(N)CO)cc1. The van der Waals surface area contributed by atoms with Crippen molar-refractivity contribution >= 4 is 5.84 Å². The maximum absolute atomic E-state index is 8.95. The number of aliphatic imine (C=N–C) groups is 1. The highest BCUT2D eigenvalue weighted by Gasteiger charge is 2.14. The molecule has 3 N–H and O–H groups in total. The van der Waals surface area contributed by atoms with Crippen molar-refractivity contribution in [1.82, 2.24) is 4.90 Å². The van der Waals surface area contributed by atoms with Gasteiger partial charge in [-0.25, -0.2) is 0 Å². The fraction of sp³-hybridized carbons (Fsp3) is 0.417. The normalized spacial score (nSPS) is 17.4. The Kier molecular flexibility index (Phi) is 3.22. The molecule has 1 heterocycles. The summed E-state index contributed by atoms with van der Waals surface area (Å²) >= 11 is 0. The van der Waals surface area contributed by atoms with Gasteiger partial charge >= 0.3 is 0 Å². The third-order valence-corrected chi connectivity index (χ3v) is 2.85. The van der Waals surface area contributed by atoms with Crippen molar-refractivity contribution in [3.8, 4) is 0 Å². The number of aliphatic hydroxyl groups is 1. The average molecular weight is 219 g/mol. The summed E-state index contributed by atoms with van der Waals surface area (Å²) in [6, 6.07) is 7.62. The zero-order valence-corrected chi connectivity index (χ0v) is 9.43. The minimum absolute atomic E-state index is 0.0276. The molecule has 0 saturated carbocycles. The number of aliphatic hydroxyl groups excluding tert-OH is 1. The lowest BCUT2D eigenvalue weighted by atomic mass is 10.1. The summed E-state index contributed by atoms with van der Waals surface area (Å²) in [5.74, 6) is 1.03. The Morgan fingerprint density at radius 2 is 2.12 bits per heavy atom. The molecule has 1 aliphatic rings. The summed E-state index contributed by atoms with van der Waals surface area (Å²) in [5, 5.41) is 8.95. The molecule has 4 heteroatoms. The molecule has 0 bridgehead atoms. The lowest BCUT2D eigenvalue weighted by Crippen LogP contribution is -2.23. The second-order valence-corrected chi connectivity index (χ2v) is 4.04. The molecule has 1 unspecified atom stereocenters. The van der Waals surface area contributed by atoms with Crippen LogP contribution in [0.5, 0.6) is 0 Å². The van der Waals surface area contributed by atoms with Crippen LogP contribution in [0.15, 0.2) is 29.3 Å². The van der Waals surface area contributed by atoms with Crippen molar-refractivity contribution in [2.75, 3.05) is 26.7 Å². The number of rotatable bonds is 3. The molecule has 1 aliphatic heterocycles. The van der Waals surface area contributed by atoms with Gasteiger partial charge in [0.2, 0.25) is 0 Å². The highest BCUT2D eigenvalue weighted by atomic mass is 16.3. The molecule has 0 aromatic heterocycles. The maximum Gasteiger partial charge on any atom is 0.130 e. The second kappa shape index (κ2) is 4.63. The van der Waals surface area contributed by atoms with Crippen molar-refractivity contribution in [2.24, 2.45) is 10.7 Å². The molecule has 86 valence electrons. The third kappa shape index (κ3) is 2.08. The highest BCUT2D eigenvalue weighted by Crippen LogP contribution is 2.14. The molecular weight excluding hydrogens is 202 g/mol. The van der Waals surface area contributed by atoms with E-state index in [-0.39, 0.29) is 12.6 Å². The Labute approximate surface area is 95.4 Å². The van der Waals surface area contributed by atoms with E-state index in [1.165, 1.54) is 0 Å². The van der Waals surface area contributed by atoms with Crippen LogP contribution < -0.4 is 5.73 Å². The third-order valence-electron chi connectivity index (χ3n) is 2.85. The number of nitrogens with zero attached hydrogens (tertiary/aromatic N) is 2. The lowest BCUT2D eigenvalue weighted by Gasteiger charge is -2.15. The molecule has 0 aliphatic carbocycles. The zero-order valence-electron chi connectivity index (χ0n) is 9.43. The topological polar surface area (TPSA) is 61.8 Å². The van der Waals surface area contributed by atoms with E-state index in [1.54, 1.807) is 0 Å². The summed E-state index contributed by atoms with van der Waals surface area (Å²) in [4.78, 5) is 6.58. The average Bonchev–Trinajstić information content (AvgIpc) is 2.75. The van der Waals surface area contributed by atoms with E-state index < -0.39 is 0 Å². The van der Waals surface area contributed by atoms with Gasteiger partial charge in [-0.05, 0) is 5.56 Å². The smallest absolute Gasteiger partial charge is 0.130 e. The molecule has 0 fully saturated rings. The zero-order chi connectivity index (χ0) is 11.5. The number of likely N-dealkylation sites (N-methyl/N-ethyl adjacent to an activating group) is 1. The quantitative estimate of drug-likeness (QED) is 0.772. The van der Waals surface area contributed by atoms with Gasteiger partial charge in [0.25, 0.3) is 0 Å². The van der Waals surface area contributed by atoms with E-state index in [4.69, 9.17) is 10.8 Å². The van der Waals surface area contributed by atoms with Crippen molar-refractivity contribution in [3.05, 3.63) is 35.4 Å². The van der Waals surface area contributed by atoms with Crippen LogP contribution in [0.2, 0.25) is 0 Å². The highest BCUT2D eigenvalue weighted by molar-refractivity contribution is 5.99. The van der Waals surface area contributed by atoms with Gasteiger partial charge in [-0.2, -0.15) is 0 Å². The van der Waals surface area contributed by atoms with Crippen molar-refractivity contribution < 1.29 is 5.11 Å².